The molecule has 0 aromatic rings. The number of phosphoric acid groups is 1. The highest BCUT2D eigenvalue weighted by Gasteiger charge is 2.50. The van der Waals surface area contributed by atoms with Crippen molar-refractivity contribution in [1.29, 1.82) is 0 Å². The molecule has 1 aliphatic rings. The van der Waals surface area contributed by atoms with E-state index in [9.17, 15) is 24.2 Å². The molecule has 10 heteroatoms. The zero-order valence-corrected chi connectivity index (χ0v) is 23.9. The standard InChI is InChI=1S/C27H51O9P/c1-3-5-7-9-11-13-15-17-19-22(18-16-14-12-10-8-6-4-2)21-34-37(32,33)36-26-24(30)25(23(29)20-28)35-27(26)31/h22-23,25-26,28-29H,3-21H2,1-2H3,(H,32,33)/t22?,23?,25-,26?/m1/s1. The van der Waals surface area contributed by atoms with Crippen molar-refractivity contribution in [2.24, 2.45) is 5.92 Å². The Balaban J connectivity index is 2.51. The zero-order valence-electron chi connectivity index (χ0n) is 23.0. The van der Waals surface area contributed by atoms with Gasteiger partial charge in [0.1, 0.15) is 6.10 Å². The van der Waals surface area contributed by atoms with E-state index < -0.39 is 44.5 Å². The molecular weight excluding hydrogens is 499 g/mol. The molecule has 1 heterocycles. The molecule has 1 saturated heterocycles. The summed E-state index contributed by atoms with van der Waals surface area (Å²) in [6, 6.07) is 0. The third kappa shape index (κ3) is 14.8. The molecule has 0 radical (unpaired) electrons. The molecule has 0 bridgehead atoms. The summed E-state index contributed by atoms with van der Waals surface area (Å²) in [7, 11) is -4.72. The van der Waals surface area contributed by atoms with Gasteiger partial charge in [-0.05, 0) is 18.8 Å². The number of aliphatic hydroxyl groups excluding tert-OH is 2. The van der Waals surface area contributed by atoms with E-state index in [4.69, 9.17) is 18.9 Å². The summed E-state index contributed by atoms with van der Waals surface area (Å²) < 4.78 is 27.3. The number of ether oxygens (including phenoxy) is 1. The van der Waals surface area contributed by atoms with Crippen LogP contribution in [0.15, 0.2) is 0 Å². The first-order valence-corrected chi connectivity index (χ1v) is 15.9. The van der Waals surface area contributed by atoms with Crippen LogP contribution in [0.3, 0.4) is 0 Å². The zero-order chi connectivity index (χ0) is 27.5. The SMILES string of the molecule is CCCCCCCCCCC(CCCCCCCCC)COP(=O)(O)OC1C(=O)O[C@H](C(O)CO)C1=O. The van der Waals surface area contributed by atoms with Crippen molar-refractivity contribution in [2.75, 3.05) is 13.2 Å². The Hall–Kier alpha value is -0.830. The molecule has 1 aliphatic heterocycles. The molecule has 0 aliphatic carbocycles. The number of ketones is 1. The molecule has 37 heavy (non-hydrogen) atoms. The summed E-state index contributed by atoms with van der Waals surface area (Å²) in [6.07, 6.45) is 14.4. The second-order valence-corrected chi connectivity index (χ2v) is 11.7. The van der Waals surface area contributed by atoms with Gasteiger partial charge in [0.25, 0.3) is 0 Å². The Labute approximate surface area is 223 Å². The first kappa shape index (κ1) is 34.2. The highest BCUT2D eigenvalue weighted by atomic mass is 31.2. The summed E-state index contributed by atoms with van der Waals surface area (Å²) in [5.41, 5.74) is 0. The molecule has 0 amide bonds. The fraction of sp³-hybridized carbons (Fsp3) is 0.926. The van der Waals surface area contributed by atoms with Crippen LogP contribution < -0.4 is 0 Å². The number of carbonyl (C=O) groups excluding carboxylic acids is 2. The normalized spacial score (nSPS) is 21.1. The topological polar surface area (TPSA) is 140 Å². The Morgan fingerprint density at radius 1 is 0.838 bits per heavy atom. The monoisotopic (exact) mass is 550 g/mol. The van der Waals surface area contributed by atoms with Gasteiger partial charge in [-0.2, -0.15) is 0 Å². The number of unbranched alkanes of at least 4 members (excludes halogenated alkanes) is 13. The summed E-state index contributed by atoms with van der Waals surface area (Å²) in [5.74, 6) is -2.11. The Morgan fingerprint density at radius 3 is 1.76 bits per heavy atom. The van der Waals surface area contributed by atoms with Crippen LogP contribution in [0.2, 0.25) is 0 Å². The van der Waals surface area contributed by atoms with Crippen molar-refractivity contribution in [1.82, 2.24) is 0 Å². The number of hydrogen-bond donors (Lipinski definition) is 3. The number of rotatable bonds is 24. The van der Waals surface area contributed by atoms with Gasteiger partial charge in [-0.15, -0.1) is 0 Å². The lowest BCUT2D eigenvalue weighted by molar-refractivity contribution is -0.151. The maximum absolute atomic E-state index is 12.5. The van der Waals surface area contributed by atoms with Gasteiger partial charge in [0, 0.05) is 0 Å². The first-order chi connectivity index (χ1) is 17.8. The van der Waals surface area contributed by atoms with E-state index in [1.165, 1.54) is 70.6 Å². The molecule has 3 N–H and O–H groups in total. The van der Waals surface area contributed by atoms with Crippen LogP contribution in [0.1, 0.15) is 123 Å². The Kier molecular flexibility index (Phi) is 18.6. The van der Waals surface area contributed by atoms with Crippen molar-refractivity contribution in [3.8, 4) is 0 Å². The highest BCUT2D eigenvalue weighted by Crippen LogP contribution is 2.46. The van der Waals surface area contributed by atoms with E-state index in [0.29, 0.717) is 0 Å². The molecule has 1 rings (SSSR count). The first-order valence-electron chi connectivity index (χ1n) is 14.4. The van der Waals surface area contributed by atoms with Gasteiger partial charge < -0.3 is 19.8 Å². The lowest BCUT2D eigenvalue weighted by Gasteiger charge is -2.20. The summed E-state index contributed by atoms with van der Waals surface area (Å²) in [4.78, 5) is 34.4. The van der Waals surface area contributed by atoms with E-state index in [2.05, 4.69) is 13.8 Å². The summed E-state index contributed by atoms with van der Waals surface area (Å²) >= 11 is 0. The smallest absolute Gasteiger partial charge is 0.449 e. The molecule has 1 fully saturated rings. The molecule has 0 aromatic carbocycles. The number of cyclic esters (lactones) is 1. The van der Waals surface area contributed by atoms with Crippen LogP contribution in [-0.4, -0.2) is 58.4 Å². The largest absolute Gasteiger partial charge is 0.473 e. The van der Waals surface area contributed by atoms with Crippen LogP contribution >= 0.6 is 7.82 Å². The predicted molar refractivity (Wildman–Crippen MR) is 142 cm³/mol. The fourth-order valence-corrected chi connectivity index (χ4v) is 5.52. The summed E-state index contributed by atoms with van der Waals surface area (Å²) in [5, 5.41) is 18.6. The van der Waals surface area contributed by atoms with Gasteiger partial charge in [0.2, 0.25) is 11.9 Å². The minimum absolute atomic E-state index is 0.00123. The lowest BCUT2D eigenvalue weighted by Crippen LogP contribution is -2.37. The van der Waals surface area contributed by atoms with E-state index in [1.807, 2.05) is 0 Å². The van der Waals surface area contributed by atoms with E-state index in [1.54, 1.807) is 0 Å². The molecule has 5 atom stereocenters. The van der Waals surface area contributed by atoms with Crippen LogP contribution in [0.4, 0.5) is 0 Å². The van der Waals surface area contributed by atoms with Gasteiger partial charge >= 0.3 is 13.8 Å². The van der Waals surface area contributed by atoms with E-state index >= 15 is 0 Å². The Bertz CT molecular complexity index is 672. The molecule has 0 aromatic heterocycles. The van der Waals surface area contributed by atoms with E-state index in [0.717, 1.165) is 38.5 Å². The Morgan fingerprint density at radius 2 is 1.30 bits per heavy atom. The van der Waals surface area contributed by atoms with Crippen LogP contribution in [0, 0.1) is 5.92 Å². The van der Waals surface area contributed by atoms with Crippen molar-refractivity contribution >= 4 is 19.6 Å². The van der Waals surface area contributed by atoms with Gasteiger partial charge in [-0.3, -0.25) is 13.8 Å². The fourth-order valence-electron chi connectivity index (χ4n) is 4.60. The highest BCUT2D eigenvalue weighted by molar-refractivity contribution is 7.47. The summed E-state index contributed by atoms with van der Waals surface area (Å²) in [6.45, 7) is 3.60. The molecule has 0 spiro atoms. The number of esters is 1. The number of phosphoric ester groups is 1. The predicted octanol–water partition coefficient (Wildman–Crippen LogP) is 5.62. The van der Waals surface area contributed by atoms with Crippen molar-refractivity contribution in [2.45, 2.75) is 141 Å². The molecule has 0 saturated carbocycles. The number of aliphatic hydroxyl groups is 2. The lowest BCUT2D eigenvalue weighted by atomic mass is 9.95. The number of carbonyl (C=O) groups is 2. The minimum Gasteiger partial charge on any atom is -0.449 e. The van der Waals surface area contributed by atoms with Crippen LogP contribution in [0.25, 0.3) is 0 Å². The number of Topliss-reactive ketones (excluding diaryl/α,β-unsaturated/α-hetero) is 1. The average molecular weight is 551 g/mol. The number of hydrogen-bond acceptors (Lipinski definition) is 8. The average Bonchev–Trinajstić information content (AvgIpc) is 3.15. The van der Waals surface area contributed by atoms with Crippen molar-refractivity contribution in [3.63, 3.8) is 0 Å². The van der Waals surface area contributed by atoms with Gasteiger partial charge in [-0.1, -0.05) is 110 Å². The van der Waals surface area contributed by atoms with Gasteiger partial charge in [0.15, 0.2) is 6.10 Å². The second-order valence-electron chi connectivity index (χ2n) is 10.3. The van der Waals surface area contributed by atoms with Crippen molar-refractivity contribution < 1.29 is 43.0 Å². The maximum Gasteiger partial charge on any atom is 0.473 e. The van der Waals surface area contributed by atoms with Crippen molar-refractivity contribution in [3.05, 3.63) is 0 Å². The minimum atomic E-state index is -4.72. The molecule has 4 unspecified atom stereocenters. The third-order valence-corrected chi connectivity index (χ3v) is 7.88. The quantitative estimate of drug-likeness (QED) is 0.0604. The molecular formula is C27H51O9P. The van der Waals surface area contributed by atoms with Crippen LogP contribution in [-0.2, 0) is 27.9 Å². The maximum atomic E-state index is 12.5. The molecule has 9 nitrogen and oxygen atoms in total. The van der Waals surface area contributed by atoms with Gasteiger partial charge in [0.05, 0.1) is 13.2 Å². The third-order valence-electron chi connectivity index (χ3n) is 6.93. The van der Waals surface area contributed by atoms with Gasteiger partial charge in [-0.25, -0.2) is 9.36 Å². The van der Waals surface area contributed by atoms with Crippen LogP contribution in [0.5, 0.6) is 0 Å². The van der Waals surface area contributed by atoms with E-state index in [-0.39, 0.29) is 12.5 Å². The second kappa shape index (κ2) is 20.1. The molecule has 218 valence electrons.